The molecule has 0 saturated heterocycles. The fraction of sp³-hybridized carbons (Fsp3) is 0.500. The molecule has 0 amide bonds. The Morgan fingerprint density at radius 1 is 1.27 bits per heavy atom. The average Bonchev–Trinajstić information content (AvgIpc) is 2.66. The molecule has 0 saturated carbocycles. The van der Waals surface area contributed by atoms with Crippen molar-refractivity contribution in [3.63, 3.8) is 0 Å². The van der Waals surface area contributed by atoms with Gasteiger partial charge in [0.2, 0.25) is 0 Å². The topological polar surface area (TPSA) is 34.1 Å². The Kier molecular flexibility index (Phi) is 4.69. The maximum atomic E-state index is 11.6. The molecule has 3 heteroatoms. The van der Waals surface area contributed by atoms with Gasteiger partial charge in [-0.1, -0.05) is 13.8 Å². The van der Waals surface area contributed by atoms with Gasteiger partial charge >= 0.3 is 0 Å². The van der Waals surface area contributed by atoms with Crippen LogP contribution in [0.3, 0.4) is 0 Å². The zero-order chi connectivity index (χ0) is 11.3. The minimum absolute atomic E-state index is 0.0295. The summed E-state index contributed by atoms with van der Waals surface area (Å²) < 4.78 is 0. The Hall–Kier alpha value is -0.960. The van der Waals surface area contributed by atoms with Crippen LogP contribution in [0.2, 0.25) is 0 Å². The van der Waals surface area contributed by atoms with E-state index in [2.05, 4.69) is 6.92 Å². The Balaban J connectivity index is 2.57. The maximum Gasteiger partial charge on any atom is 0.180 e. The van der Waals surface area contributed by atoms with Crippen molar-refractivity contribution in [2.45, 2.75) is 39.5 Å². The van der Waals surface area contributed by atoms with E-state index >= 15 is 0 Å². The first-order valence-corrected chi connectivity index (χ1v) is 6.12. The molecule has 0 bridgehead atoms. The van der Waals surface area contributed by atoms with Gasteiger partial charge in [0.05, 0.1) is 11.3 Å². The Bertz CT molecular complexity index is 352. The average molecular weight is 224 g/mol. The van der Waals surface area contributed by atoms with E-state index in [9.17, 15) is 9.59 Å². The summed E-state index contributed by atoms with van der Waals surface area (Å²) in [6.07, 6.45) is 2.34. The lowest BCUT2D eigenvalue weighted by Crippen LogP contribution is -2.06. The van der Waals surface area contributed by atoms with Gasteiger partial charge in [0.25, 0.3) is 0 Å². The second-order valence-corrected chi connectivity index (χ2v) is 4.68. The number of Topliss-reactive ketones (excluding diaryl/α,β-unsaturated/α-hetero) is 2. The van der Waals surface area contributed by atoms with Crippen molar-refractivity contribution in [2.24, 2.45) is 0 Å². The SMILES string of the molecule is CCCC(=O)CC(=O)c1ccc(CC)s1. The molecule has 0 atom stereocenters. The minimum atomic E-state index is -0.0295. The first-order chi connectivity index (χ1) is 7.17. The zero-order valence-corrected chi connectivity index (χ0v) is 10.0. The highest BCUT2D eigenvalue weighted by Gasteiger charge is 2.12. The molecule has 2 nitrogen and oxygen atoms in total. The number of hydrogen-bond donors (Lipinski definition) is 0. The Labute approximate surface area is 94.3 Å². The quantitative estimate of drug-likeness (QED) is 0.549. The molecule has 15 heavy (non-hydrogen) atoms. The van der Waals surface area contributed by atoms with Crippen molar-refractivity contribution >= 4 is 22.9 Å². The number of ketones is 2. The van der Waals surface area contributed by atoms with E-state index in [0.29, 0.717) is 6.42 Å². The van der Waals surface area contributed by atoms with Gasteiger partial charge in [-0.15, -0.1) is 11.3 Å². The van der Waals surface area contributed by atoms with Gasteiger partial charge in [-0.3, -0.25) is 9.59 Å². The van der Waals surface area contributed by atoms with Gasteiger partial charge in [0.1, 0.15) is 5.78 Å². The van der Waals surface area contributed by atoms with Gasteiger partial charge in [0, 0.05) is 11.3 Å². The summed E-state index contributed by atoms with van der Waals surface area (Å²) in [4.78, 5) is 24.9. The predicted molar refractivity (Wildman–Crippen MR) is 62.6 cm³/mol. The molecule has 1 aromatic heterocycles. The van der Waals surface area contributed by atoms with Crippen LogP contribution in [-0.4, -0.2) is 11.6 Å². The minimum Gasteiger partial charge on any atom is -0.299 e. The smallest absolute Gasteiger partial charge is 0.180 e. The van der Waals surface area contributed by atoms with Crippen LogP contribution in [0.5, 0.6) is 0 Å². The molecule has 0 aliphatic heterocycles. The van der Waals surface area contributed by atoms with Gasteiger partial charge in [-0.25, -0.2) is 0 Å². The summed E-state index contributed by atoms with van der Waals surface area (Å²) in [6.45, 7) is 4.00. The van der Waals surface area contributed by atoms with Crippen molar-refractivity contribution in [1.82, 2.24) is 0 Å². The highest BCUT2D eigenvalue weighted by Crippen LogP contribution is 2.18. The first-order valence-electron chi connectivity index (χ1n) is 5.31. The van der Waals surface area contributed by atoms with Crippen LogP contribution in [0, 0.1) is 0 Å². The molecule has 0 aliphatic rings. The third-order valence-corrected chi connectivity index (χ3v) is 3.44. The van der Waals surface area contributed by atoms with Gasteiger partial charge in [-0.05, 0) is 25.0 Å². The van der Waals surface area contributed by atoms with Crippen molar-refractivity contribution in [3.8, 4) is 0 Å². The van der Waals surface area contributed by atoms with Crippen LogP contribution in [0.15, 0.2) is 12.1 Å². The molecule has 1 aromatic rings. The largest absolute Gasteiger partial charge is 0.299 e. The van der Waals surface area contributed by atoms with E-state index in [0.717, 1.165) is 17.7 Å². The van der Waals surface area contributed by atoms with Crippen LogP contribution in [0.25, 0.3) is 0 Å². The lowest BCUT2D eigenvalue weighted by atomic mass is 10.1. The van der Waals surface area contributed by atoms with Crippen LogP contribution < -0.4 is 0 Å². The summed E-state index contributed by atoms with van der Waals surface area (Å²) in [5.74, 6) is 0.0205. The van der Waals surface area contributed by atoms with Crippen LogP contribution >= 0.6 is 11.3 Å². The number of carbonyl (C=O) groups is 2. The molecule has 0 spiro atoms. The van der Waals surface area contributed by atoms with E-state index in [4.69, 9.17) is 0 Å². The molecular weight excluding hydrogens is 208 g/mol. The number of thiophene rings is 1. The predicted octanol–water partition coefficient (Wildman–Crippen LogP) is 3.25. The van der Waals surface area contributed by atoms with E-state index in [1.807, 2.05) is 19.1 Å². The van der Waals surface area contributed by atoms with Crippen molar-refractivity contribution in [3.05, 3.63) is 21.9 Å². The third-order valence-electron chi connectivity index (χ3n) is 2.17. The van der Waals surface area contributed by atoms with Crippen LogP contribution in [0.4, 0.5) is 0 Å². The van der Waals surface area contributed by atoms with Gasteiger partial charge < -0.3 is 0 Å². The van der Waals surface area contributed by atoms with Crippen molar-refractivity contribution in [1.29, 1.82) is 0 Å². The molecule has 0 aliphatic carbocycles. The lowest BCUT2D eigenvalue weighted by Gasteiger charge is -1.96. The Morgan fingerprint density at radius 2 is 2.00 bits per heavy atom. The fourth-order valence-electron chi connectivity index (χ4n) is 1.35. The van der Waals surface area contributed by atoms with Crippen LogP contribution in [-0.2, 0) is 11.2 Å². The highest BCUT2D eigenvalue weighted by atomic mass is 32.1. The zero-order valence-electron chi connectivity index (χ0n) is 9.21. The van der Waals surface area contributed by atoms with E-state index in [-0.39, 0.29) is 18.0 Å². The molecular formula is C12H16O2S. The van der Waals surface area contributed by atoms with E-state index < -0.39 is 0 Å². The maximum absolute atomic E-state index is 11.6. The lowest BCUT2D eigenvalue weighted by molar-refractivity contribution is -0.118. The summed E-state index contributed by atoms with van der Waals surface area (Å²) >= 11 is 1.50. The summed E-state index contributed by atoms with van der Waals surface area (Å²) in [7, 11) is 0. The van der Waals surface area contributed by atoms with E-state index in [1.54, 1.807) is 0 Å². The molecule has 0 radical (unpaired) electrons. The number of aryl methyl sites for hydroxylation is 1. The summed E-state index contributed by atoms with van der Waals surface area (Å²) in [5, 5.41) is 0. The monoisotopic (exact) mass is 224 g/mol. The van der Waals surface area contributed by atoms with Gasteiger partial charge in [-0.2, -0.15) is 0 Å². The molecule has 0 aromatic carbocycles. The second-order valence-electron chi connectivity index (χ2n) is 3.51. The third kappa shape index (κ3) is 3.59. The van der Waals surface area contributed by atoms with Crippen molar-refractivity contribution in [2.75, 3.05) is 0 Å². The fourth-order valence-corrected chi connectivity index (χ4v) is 2.24. The molecule has 0 unspecified atom stereocenters. The number of rotatable bonds is 6. The molecule has 82 valence electrons. The molecule has 1 heterocycles. The molecule has 1 rings (SSSR count). The van der Waals surface area contributed by atoms with E-state index in [1.165, 1.54) is 16.2 Å². The second kappa shape index (κ2) is 5.81. The normalized spacial score (nSPS) is 10.3. The van der Waals surface area contributed by atoms with Crippen LogP contribution in [0.1, 0.15) is 47.7 Å². The first kappa shape index (κ1) is 12.1. The standard InChI is InChI=1S/C12H16O2S/c1-3-5-9(13)8-11(14)12-7-6-10(4-2)15-12/h6-7H,3-5,8H2,1-2H3. The van der Waals surface area contributed by atoms with Gasteiger partial charge in [0.15, 0.2) is 5.78 Å². The Morgan fingerprint density at radius 3 is 2.53 bits per heavy atom. The number of carbonyl (C=O) groups excluding carboxylic acids is 2. The highest BCUT2D eigenvalue weighted by molar-refractivity contribution is 7.14. The molecule has 0 N–H and O–H groups in total. The molecule has 0 fully saturated rings. The summed E-state index contributed by atoms with van der Waals surface area (Å²) in [6, 6.07) is 3.78. The number of hydrogen-bond acceptors (Lipinski definition) is 3. The van der Waals surface area contributed by atoms with Crippen molar-refractivity contribution < 1.29 is 9.59 Å². The summed E-state index contributed by atoms with van der Waals surface area (Å²) in [5.41, 5.74) is 0.